The second-order valence-corrected chi connectivity index (χ2v) is 5.53. The van der Waals surface area contributed by atoms with Gasteiger partial charge in [-0.25, -0.2) is 0 Å². The van der Waals surface area contributed by atoms with Gasteiger partial charge in [0, 0.05) is 19.3 Å². The molecule has 0 radical (unpaired) electrons. The summed E-state index contributed by atoms with van der Waals surface area (Å²) in [5.74, 6) is 0.119. The van der Waals surface area contributed by atoms with Gasteiger partial charge in [-0.1, -0.05) is 12.1 Å². The Bertz CT molecular complexity index is 656. The van der Waals surface area contributed by atoms with Crippen LogP contribution < -0.4 is 0 Å². The SMILES string of the molecule is CC(c1cccc(O)c1)N(C)C(=O)c1cc2n(n1)CCC2. The molecule has 3 rings (SSSR count). The third kappa shape index (κ3) is 2.51. The van der Waals surface area contributed by atoms with Crippen molar-refractivity contribution in [3.63, 3.8) is 0 Å². The molecule has 0 saturated carbocycles. The first kappa shape index (κ1) is 13.7. The molecule has 0 spiro atoms. The van der Waals surface area contributed by atoms with Gasteiger partial charge in [-0.05, 0) is 43.5 Å². The lowest BCUT2D eigenvalue weighted by atomic mass is 10.1. The number of nitrogens with zero attached hydrogens (tertiary/aromatic N) is 3. The molecule has 0 saturated heterocycles. The van der Waals surface area contributed by atoms with Gasteiger partial charge in [-0.15, -0.1) is 0 Å². The maximum atomic E-state index is 12.5. The Morgan fingerprint density at radius 1 is 1.43 bits per heavy atom. The van der Waals surface area contributed by atoms with Gasteiger partial charge in [-0.3, -0.25) is 9.48 Å². The monoisotopic (exact) mass is 285 g/mol. The van der Waals surface area contributed by atoms with Crippen LogP contribution in [0.25, 0.3) is 0 Å². The van der Waals surface area contributed by atoms with E-state index < -0.39 is 0 Å². The zero-order valence-electron chi connectivity index (χ0n) is 12.3. The first-order chi connectivity index (χ1) is 10.1. The molecule has 1 aromatic carbocycles. The number of aryl methyl sites for hydroxylation is 2. The topological polar surface area (TPSA) is 58.4 Å². The molecule has 0 bridgehead atoms. The Morgan fingerprint density at radius 2 is 2.24 bits per heavy atom. The van der Waals surface area contributed by atoms with Crippen LogP contribution in [0.1, 0.15) is 41.1 Å². The van der Waals surface area contributed by atoms with E-state index in [0.29, 0.717) is 5.69 Å². The number of carbonyl (C=O) groups excluding carboxylic acids is 1. The summed E-state index contributed by atoms with van der Waals surface area (Å²) >= 11 is 0. The maximum Gasteiger partial charge on any atom is 0.274 e. The average molecular weight is 285 g/mol. The van der Waals surface area contributed by atoms with Crippen LogP contribution in [0, 0.1) is 0 Å². The molecule has 1 aliphatic rings. The average Bonchev–Trinajstić information content (AvgIpc) is 3.06. The second kappa shape index (κ2) is 5.24. The smallest absolute Gasteiger partial charge is 0.274 e. The van der Waals surface area contributed by atoms with Gasteiger partial charge >= 0.3 is 0 Å². The Hall–Kier alpha value is -2.30. The molecule has 1 amide bonds. The van der Waals surface area contributed by atoms with Crippen molar-refractivity contribution in [1.29, 1.82) is 0 Å². The van der Waals surface area contributed by atoms with E-state index in [0.717, 1.165) is 30.6 Å². The van der Waals surface area contributed by atoms with E-state index in [1.165, 1.54) is 0 Å². The molecular weight excluding hydrogens is 266 g/mol. The zero-order chi connectivity index (χ0) is 15.0. The second-order valence-electron chi connectivity index (χ2n) is 5.53. The summed E-state index contributed by atoms with van der Waals surface area (Å²) in [6, 6.07) is 8.76. The van der Waals surface area contributed by atoms with Crippen molar-refractivity contribution in [3.05, 3.63) is 47.3 Å². The van der Waals surface area contributed by atoms with Crippen LogP contribution >= 0.6 is 0 Å². The molecule has 1 atom stereocenters. The molecule has 2 heterocycles. The Balaban J connectivity index is 1.80. The van der Waals surface area contributed by atoms with E-state index in [9.17, 15) is 9.90 Å². The largest absolute Gasteiger partial charge is 0.508 e. The standard InChI is InChI=1S/C16H19N3O2/c1-11(12-5-3-7-14(20)9-12)18(2)16(21)15-10-13-6-4-8-19(13)17-15/h3,5,7,9-11,20H,4,6,8H2,1-2H3. The molecule has 2 aromatic rings. The fraction of sp³-hybridized carbons (Fsp3) is 0.375. The highest BCUT2D eigenvalue weighted by molar-refractivity contribution is 5.92. The van der Waals surface area contributed by atoms with Crippen molar-refractivity contribution >= 4 is 5.91 Å². The summed E-state index contributed by atoms with van der Waals surface area (Å²) in [5, 5.41) is 13.9. The number of benzene rings is 1. The summed E-state index contributed by atoms with van der Waals surface area (Å²) in [6.07, 6.45) is 2.10. The summed E-state index contributed by atoms with van der Waals surface area (Å²) < 4.78 is 1.92. The van der Waals surface area contributed by atoms with E-state index in [4.69, 9.17) is 0 Å². The minimum Gasteiger partial charge on any atom is -0.508 e. The van der Waals surface area contributed by atoms with Crippen molar-refractivity contribution in [2.75, 3.05) is 7.05 Å². The predicted molar refractivity (Wildman–Crippen MR) is 79.2 cm³/mol. The Labute approximate surface area is 123 Å². The minimum atomic E-state index is -0.124. The fourth-order valence-electron chi connectivity index (χ4n) is 2.73. The number of phenolic OH excluding ortho intramolecular Hbond substituents is 1. The number of fused-ring (bicyclic) bond motifs is 1. The number of hydrogen-bond acceptors (Lipinski definition) is 3. The van der Waals surface area contributed by atoms with E-state index in [1.807, 2.05) is 23.7 Å². The molecule has 1 aromatic heterocycles. The number of rotatable bonds is 3. The third-order valence-electron chi connectivity index (χ3n) is 4.14. The number of phenols is 1. The van der Waals surface area contributed by atoms with Crippen molar-refractivity contribution in [3.8, 4) is 5.75 Å². The molecule has 1 N–H and O–H groups in total. The number of amides is 1. The van der Waals surface area contributed by atoms with Gasteiger partial charge in [0.2, 0.25) is 0 Å². The molecule has 110 valence electrons. The van der Waals surface area contributed by atoms with E-state index in [1.54, 1.807) is 30.1 Å². The molecule has 1 unspecified atom stereocenters. The first-order valence-corrected chi connectivity index (χ1v) is 7.19. The van der Waals surface area contributed by atoms with E-state index in [2.05, 4.69) is 5.10 Å². The molecule has 5 nitrogen and oxygen atoms in total. The summed E-state index contributed by atoms with van der Waals surface area (Å²) in [6.45, 7) is 2.84. The molecule has 21 heavy (non-hydrogen) atoms. The number of aromatic nitrogens is 2. The lowest BCUT2D eigenvalue weighted by Crippen LogP contribution is -2.30. The Morgan fingerprint density at radius 3 is 2.95 bits per heavy atom. The predicted octanol–water partition coefficient (Wildman–Crippen LogP) is 2.37. The van der Waals surface area contributed by atoms with Gasteiger partial charge in [0.25, 0.3) is 5.91 Å². The van der Waals surface area contributed by atoms with Crippen LogP contribution in [0.3, 0.4) is 0 Å². The lowest BCUT2D eigenvalue weighted by molar-refractivity contribution is 0.0735. The molecule has 0 aliphatic carbocycles. The maximum absolute atomic E-state index is 12.5. The minimum absolute atomic E-state index is 0.0901. The highest BCUT2D eigenvalue weighted by Crippen LogP contribution is 2.24. The number of hydrogen-bond donors (Lipinski definition) is 1. The normalized spacial score (nSPS) is 14.8. The first-order valence-electron chi connectivity index (χ1n) is 7.19. The van der Waals surface area contributed by atoms with Crippen LogP contribution in [0.4, 0.5) is 0 Å². The van der Waals surface area contributed by atoms with Crippen LogP contribution in [0.2, 0.25) is 0 Å². The van der Waals surface area contributed by atoms with Gasteiger partial charge in [-0.2, -0.15) is 5.10 Å². The van der Waals surface area contributed by atoms with Gasteiger partial charge in [0.15, 0.2) is 5.69 Å². The molecule has 0 fully saturated rings. The summed E-state index contributed by atoms with van der Waals surface area (Å²) in [4.78, 5) is 14.2. The van der Waals surface area contributed by atoms with Crippen LogP contribution in [-0.4, -0.2) is 32.7 Å². The van der Waals surface area contributed by atoms with Crippen LogP contribution in [-0.2, 0) is 13.0 Å². The molecule has 1 aliphatic heterocycles. The van der Waals surface area contributed by atoms with Crippen LogP contribution in [0.15, 0.2) is 30.3 Å². The highest BCUT2D eigenvalue weighted by atomic mass is 16.3. The van der Waals surface area contributed by atoms with Gasteiger partial charge in [0.1, 0.15) is 5.75 Å². The highest BCUT2D eigenvalue weighted by Gasteiger charge is 2.24. The quantitative estimate of drug-likeness (QED) is 0.942. The molecular formula is C16H19N3O2. The zero-order valence-corrected chi connectivity index (χ0v) is 12.3. The van der Waals surface area contributed by atoms with Crippen molar-refractivity contribution < 1.29 is 9.90 Å². The van der Waals surface area contributed by atoms with Crippen molar-refractivity contribution in [2.45, 2.75) is 32.4 Å². The van der Waals surface area contributed by atoms with E-state index >= 15 is 0 Å². The summed E-state index contributed by atoms with van der Waals surface area (Å²) in [7, 11) is 1.77. The number of carbonyl (C=O) groups is 1. The van der Waals surface area contributed by atoms with Crippen LogP contribution in [0.5, 0.6) is 5.75 Å². The number of aromatic hydroxyl groups is 1. The van der Waals surface area contributed by atoms with Crippen molar-refractivity contribution in [1.82, 2.24) is 14.7 Å². The third-order valence-corrected chi connectivity index (χ3v) is 4.14. The van der Waals surface area contributed by atoms with E-state index in [-0.39, 0.29) is 17.7 Å². The van der Waals surface area contributed by atoms with Crippen molar-refractivity contribution in [2.24, 2.45) is 0 Å². The Kier molecular flexibility index (Phi) is 3.41. The summed E-state index contributed by atoms with van der Waals surface area (Å²) in [5.41, 5.74) is 2.54. The van der Waals surface area contributed by atoms with Gasteiger partial charge < -0.3 is 10.0 Å². The fourth-order valence-corrected chi connectivity index (χ4v) is 2.73. The van der Waals surface area contributed by atoms with Gasteiger partial charge in [0.05, 0.1) is 6.04 Å². The lowest BCUT2D eigenvalue weighted by Gasteiger charge is -2.24. The molecule has 5 heteroatoms.